The smallest absolute Gasteiger partial charge is 0.338 e. The molecule has 0 heterocycles. The van der Waals surface area contributed by atoms with Gasteiger partial charge in [-0.05, 0) is 48.5 Å². The fourth-order valence-corrected chi connectivity index (χ4v) is 4.52. The fraction of sp³-hybridized carbons (Fsp3) is 0.0800. The number of amides is 1. The maximum Gasteiger partial charge on any atom is 0.338 e. The lowest BCUT2D eigenvalue weighted by Gasteiger charge is -2.23. The molecule has 0 saturated carbocycles. The van der Waals surface area contributed by atoms with E-state index >= 15 is 0 Å². The van der Waals surface area contributed by atoms with Gasteiger partial charge in [-0.3, -0.25) is 9.10 Å². The molecule has 172 valence electrons. The number of sulfonamides is 1. The van der Waals surface area contributed by atoms with Gasteiger partial charge in [-0.2, -0.15) is 5.26 Å². The fourth-order valence-electron chi connectivity index (χ4n) is 3.04. The number of ether oxygens (including phenoxy) is 1. The lowest BCUT2D eigenvalue weighted by Crippen LogP contribution is -2.31. The van der Waals surface area contributed by atoms with Gasteiger partial charge < -0.3 is 10.1 Å². The van der Waals surface area contributed by atoms with E-state index < -0.39 is 28.5 Å². The summed E-state index contributed by atoms with van der Waals surface area (Å²) in [6.07, 6.45) is 1.47. The Morgan fingerprint density at radius 2 is 1.76 bits per heavy atom. The second-order valence-corrected chi connectivity index (χ2v) is 8.87. The van der Waals surface area contributed by atoms with E-state index in [9.17, 15) is 18.0 Å². The lowest BCUT2D eigenvalue weighted by atomic mass is 10.2. The zero-order chi connectivity index (χ0) is 24.6. The van der Waals surface area contributed by atoms with E-state index in [0.29, 0.717) is 16.9 Å². The van der Waals surface area contributed by atoms with Crippen LogP contribution in [-0.4, -0.2) is 33.4 Å². The predicted molar refractivity (Wildman–Crippen MR) is 128 cm³/mol. The van der Waals surface area contributed by atoms with Crippen LogP contribution >= 0.6 is 0 Å². The van der Waals surface area contributed by atoms with E-state index in [1.54, 1.807) is 48.5 Å². The van der Waals surface area contributed by atoms with Gasteiger partial charge in [0.1, 0.15) is 0 Å². The molecule has 0 radical (unpaired) electrons. The zero-order valence-corrected chi connectivity index (χ0v) is 18.9. The number of nitriles is 1. The van der Waals surface area contributed by atoms with Crippen LogP contribution in [0.1, 0.15) is 15.9 Å². The first kappa shape index (κ1) is 24.2. The average molecular weight is 476 g/mol. The summed E-state index contributed by atoms with van der Waals surface area (Å²) >= 11 is 0. The van der Waals surface area contributed by atoms with E-state index in [4.69, 9.17) is 10.00 Å². The number of anilines is 2. The highest BCUT2D eigenvalue weighted by Gasteiger charge is 2.25. The minimum atomic E-state index is -4.00. The number of hydrogen-bond donors (Lipinski definition) is 1. The third kappa shape index (κ3) is 5.88. The van der Waals surface area contributed by atoms with Crippen molar-refractivity contribution < 1.29 is 22.7 Å². The Hall–Kier alpha value is -4.42. The summed E-state index contributed by atoms with van der Waals surface area (Å²) in [6, 6.07) is 22.2. The summed E-state index contributed by atoms with van der Waals surface area (Å²) in [5.41, 5.74) is 1.18. The van der Waals surface area contributed by atoms with Crippen LogP contribution in [0.25, 0.3) is 0 Å². The highest BCUT2D eigenvalue weighted by Crippen LogP contribution is 2.24. The molecule has 0 aliphatic heterocycles. The molecule has 1 N–H and O–H groups in total. The van der Waals surface area contributed by atoms with Crippen molar-refractivity contribution in [3.8, 4) is 6.07 Å². The van der Waals surface area contributed by atoms with E-state index in [2.05, 4.69) is 11.9 Å². The standard InChI is InChI=1S/C25H21N3O5S/c1-2-14-28(22-11-4-3-5-12-22)34(31,32)23-13-7-9-20(16-23)25(30)33-18-24(29)27-21-10-6-8-19(15-21)17-26/h2-13,15-16H,1,14,18H2,(H,27,29). The number of esters is 1. The van der Waals surface area contributed by atoms with Crippen molar-refractivity contribution in [2.45, 2.75) is 4.90 Å². The monoisotopic (exact) mass is 475 g/mol. The van der Waals surface area contributed by atoms with Crippen LogP contribution < -0.4 is 9.62 Å². The van der Waals surface area contributed by atoms with Gasteiger partial charge in [-0.25, -0.2) is 13.2 Å². The molecular weight excluding hydrogens is 454 g/mol. The van der Waals surface area contributed by atoms with Crippen molar-refractivity contribution in [2.24, 2.45) is 0 Å². The number of nitrogens with one attached hydrogen (secondary N) is 1. The number of carbonyl (C=O) groups excluding carboxylic acids is 2. The van der Waals surface area contributed by atoms with Gasteiger partial charge in [0, 0.05) is 5.69 Å². The van der Waals surface area contributed by atoms with Crippen molar-refractivity contribution in [2.75, 3.05) is 22.8 Å². The second-order valence-electron chi connectivity index (χ2n) is 7.01. The first-order valence-electron chi connectivity index (χ1n) is 10.1. The Kier molecular flexibility index (Phi) is 7.79. The van der Waals surface area contributed by atoms with Crippen LogP contribution in [0.4, 0.5) is 11.4 Å². The molecule has 3 aromatic rings. The second kappa shape index (κ2) is 10.9. The molecule has 34 heavy (non-hydrogen) atoms. The molecular formula is C25H21N3O5S. The maximum atomic E-state index is 13.3. The van der Waals surface area contributed by atoms with Crippen LogP contribution in [0, 0.1) is 11.3 Å². The largest absolute Gasteiger partial charge is 0.452 e. The maximum absolute atomic E-state index is 13.3. The molecule has 3 rings (SSSR count). The van der Waals surface area contributed by atoms with Crippen LogP contribution in [0.3, 0.4) is 0 Å². The normalized spacial score (nSPS) is 10.6. The zero-order valence-electron chi connectivity index (χ0n) is 18.0. The van der Waals surface area contributed by atoms with Crippen molar-refractivity contribution >= 4 is 33.3 Å². The van der Waals surface area contributed by atoms with Gasteiger partial charge >= 0.3 is 5.97 Å². The molecule has 0 bridgehead atoms. The first-order valence-corrected chi connectivity index (χ1v) is 11.5. The van der Waals surface area contributed by atoms with Crippen LogP contribution in [0.15, 0.2) is 96.4 Å². The predicted octanol–water partition coefficient (Wildman–Crippen LogP) is 3.74. The van der Waals surface area contributed by atoms with Crippen LogP contribution in [0.2, 0.25) is 0 Å². The van der Waals surface area contributed by atoms with Crippen molar-refractivity contribution in [3.05, 3.63) is 103 Å². The number of para-hydroxylation sites is 1. The third-order valence-electron chi connectivity index (χ3n) is 4.61. The number of hydrogen-bond acceptors (Lipinski definition) is 6. The Labute approximate surface area is 197 Å². The summed E-state index contributed by atoms with van der Waals surface area (Å²) in [5, 5.41) is 11.5. The summed E-state index contributed by atoms with van der Waals surface area (Å²) < 4.78 is 32.7. The average Bonchev–Trinajstić information content (AvgIpc) is 2.86. The van der Waals surface area contributed by atoms with E-state index in [1.165, 1.54) is 40.7 Å². The van der Waals surface area contributed by atoms with Gasteiger partial charge in [-0.1, -0.05) is 36.4 Å². The Morgan fingerprint density at radius 3 is 2.47 bits per heavy atom. The Balaban J connectivity index is 1.72. The van der Waals surface area contributed by atoms with Gasteiger partial charge in [-0.15, -0.1) is 6.58 Å². The number of rotatable bonds is 9. The summed E-state index contributed by atoms with van der Waals surface area (Å²) in [4.78, 5) is 24.5. The molecule has 9 heteroatoms. The highest BCUT2D eigenvalue weighted by molar-refractivity contribution is 7.92. The molecule has 0 atom stereocenters. The first-order chi connectivity index (χ1) is 16.3. The molecule has 0 aromatic heterocycles. The van der Waals surface area contributed by atoms with Crippen LogP contribution in [-0.2, 0) is 19.6 Å². The number of benzene rings is 3. The molecule has 1 amide bonds. The minimum absolute atomic E-state index is 0.0213. The van der Waals surface area contributed by atoms with E-state index in [1.807, 2.05) is 6.07 Å². The van der Waals surface area contributed by atoms with Crippen molar-refractivity contribution in [1.29, 1.82) is 5.26 Å². The molecule has 0 fully saturated rings. The Morgan fingerprint density at radius 1 is 1.03 bits per heavy atom. The SMILES string of the molecule is C=CCN(c1ccccc1)S(=O)(=O)c1cccc(C(=O)OCC(=O)Nc2cccc(C#N)c2)c1. The summed E-state index contributed by atoms with van der Waals surface area (Å²) in [5.74, 6) is -1.46. The number of nitrogens with zero attached hydrogens (tertiary/aromatic N) is 2. The quantitative estimate of drug-likeness (QED) is 0.372. The summed E-state index contributed by atoms with van der Waals surface area (Å²) in [6.45, 7) is 3.08. The van der Waals surface area contributed by atoms with Crippen molar-refractivity contribution in [1.82, 2.24) is 0 Å². The van der Waals surface area contributed by atoms with Gasteiger partial charge in [0.05, 0.1) is 34.3 Å². The van der Waals surface area contributed by atoms with Gasteiger partial charge in [0.25, 0.3) is 15.9 Å². The Bertz CT molecular complexity index is 1350. The molecule has 0 aliphatic rings. The lowest BCUT2D eigenvalue weighted by molar-refractivity contribution is -0.119. The summed E-state index contributed by atoms with van der Waals surface area (Å²) in [7, 11) is -4.00. The third-order valence-corrected chi connectivity index (χ3v) is 6.40. The molecule has 3 aromatic carbocycles. The van der Waals surface area contributed by atoms with E-state index in [0.717, 1.165) is 0 Å². The van der Waals surface area contributed by atoms with Gasteiger partial charge in [0.2, 0.25) is 0 Å². The molecule has 0 spiro atoms. The molecule has 8 nitrogen and oxygen atoms in total. The number of carbonyl (C=O) groups is 2. The topological polar surface area (TPSA) is 117 Å². The molecule has 0 saturated heterocycles. The van der Waals surface area contributed by atoms with E-state index in [-0.39, 0.29) is 17.0 Å². The van der Waals surface area contributed by atoms with Gasteiger partial charge in [0.15, 0.2) is 6.61 Å². The van der Waals surface area contributed by atoms with Crippen LogP contribution in [0.5, 0.6) is 0 Å². The van der Waals surface area contributed by atoms with Crippen molar-refractivity contribution in [3.63, 3.8) is 0 Å². The minimum Gasteiger partial charge on any atom is -0.452 e. The molecule has 0 unspecified atom stereocenters. The highest BCUT2D eigenvalue weighted by atomic mass is 32.2. The molecule has 0 aliphatic carbocycles.